The van der Waals surface area contributed by atoms with Gasteiger partial charge in [-0.15, -0.1) is 0 Å². The molecule has 0 bridgehead atoms. The molecular formula is C15H26N2O3S. The van der Waals surface area contributed by atoms with Crippen molar-refractivity contribution in [2.45, 2.75) is 45.0 Å². The lowest BCUT2D eigenvalue weighted by molar-refractivity contribution is 0.219. The molecule has 120 valence electrons. The number of rotatable bonds is 9. The molecule has 6 heteroatoms. The van der Waals surface area contributed by atoms with Crippen molar-refractivity contribution in [1.29, 1.82) is 0 Å². The third-order valence-corrected chi connectivity index (χ3v) is 5.53. The lowest BCUT2D eigenvalue weighted by atomic mass is 10.1. The maximum atomic E-state index is 12.6. The highest BCUT2D eigenvalue weighted by Gasteiger charge is 2.27. The van der Waals surface area contributed by atoms with E-state index in [1.165, 1.54) is 4.31 Å². The quantitative estimate of drug-likeness (QED) is 0.723. The summed E-state index contributed by atoms with van der Waals surface area (Å²) in [7, 11) is -3.44. The van der Waals surface area contributed by atoms with Gasteiger partial charge in [0, 0.05) is 19.1 Å². The van der Waals surface area contributed by atoms with Crippen molar-refractivity contribution in [2.24, 2.45) is 5.73 Å². The normalized spacial score (nSPS) is 12.3. The van der Waals surface area contributed by atoms with Gasteiger partial charge in [-0.2, -0.15) is 4.31 Å². The first-order valence-electron chi connectivity index (χ1n) is 7.36. The van der Waals surface area contributed by atoms with Gasteiger partial charge in [-0.3, -0.25) is 0 Å². The monoisotopic (exact) mass is 314 g/mol. The molecule has 1 aromatic rings. The minimum Gasteiger partial charge on any atom is -0.395 e. The van der Waals surface area contributed by atoms with Crippen molar-refractivity contribution in [3.8, 4) is 0 Å². The smallest absolute Gasteiger partial charge is 0.218 e. The van der Waals surface area contributed by atoms with Crippen LogP contribution in [0.5, 0.6) is 0 Å². The molecule has 0 radical (unpaired) electrons. The predicted molar refractivity (Wildman–Crippen MR) is 85.1 cm³/mol. The van der Waals surface area contributed by atoms with Gasteiger partial charge in [-0.1, -0.05) is 38.1 Å². The molecule has 0 aromatic heterocycles. The van der Waals surface area contributed by atoms with E-state index in [-0.39, 0.29) is 24.9 Å². The minimum absolute atomic E-state index is 0.0473. The Morgan fingerprint density at radius 1 is 1.14 bits per heavy atom. The number of hydrogen-bond acceptors (Lipinski definition) is 4. The average Bonchev–Trinajstić information content (AvgIpc) is 2.48. The fourth-order valence-corrected chi connectivity index (χ4v) is 4.30. The van der Waals surface area contributed by atoms with E-state index >= 15 is 0 Å². The van der Waals surface area contributed by atoms with E-state index in [4.69, 9.17) is 10.8 Å². The van der Waals surface area contributed by atoms with Crippen molar-refractivity contribution in [2.75, 3.05) is 13.2 Å². The summed E-state index contributed by atoms with van der Waals surface area (Å²) in [5.41, 5.74) is 7.25. The van der Waals surface area contributed by atoms with E-state index in [9.17, 15) is 8.42 Å². The summed E-state index contributed by atoms with van der Waals surface area (Å²) in [4.78, 5) is 0. The molecular weight excluding hydrogens is 288 g/mol. The molecule has 0 atom stereocenters. The van der Waals surface area contributed by atoms with E-state index in [2.05, 4.69) is 0 Å². The van der Waals surface area contributed by atoms with E-state index in [0.717, 1.165) is 24.0 Å². The summed E-state index contributed by atoms with van der Waals surface area (Å²) in [5, 5.41) is 9.15. The Hall–Kier alpha value is -0.950. The van der Waals surface area contributed by atoms with Crippen LogP contribution in [0.2, 0.25) is 0 Å². The minimum atomic E-state index is -3.44. The summed E-state index contributed by atoms with van der Waals surface area (Å²) in [6, 6.07) is 7.22. The second kappa shape index (κ2) is 8.48. The maximum Gasteiger partial charge on any atom is 0.218 e. The van der Waals surface area contributed by atoms with Crippen molar-refractivity contribution in [1.82, 2.24) is 4.31 Å². The molecule has 0 aliphatic rings. The Balaban J connectivity index is 2.94. The molecule has 3 N–H and O–H groups in total. The Bertz CT molecular complexity index is 510. The molecule has 0 saturated heterocycles. The largest absolute Gasteiger partial charge is 0.395 e. The van der Waals surface area contributed by atoms with Crippen molar-refractivity contribution in [3.63, 3.8) is 0 Å². The van der Waals surface area contributed by atoms with Crippen LogP contribution in [-0.2, 0) is 22.3 Å². The first-order valence-corrected chi connectivity index (χ1v) is 8.97. The molecule has 1 rings (SSSR count). The Morgan fingerprint density at radius 2 is 1.67 bits per heavy atom. The zero-order chi connectivity index (χ0) is 15.9. The van der Waals surface area contributed by atoms with Crippen LogP contribution >= 0.6 is 0 Å². The van der Waals surface area contributed by atoms with E-state index in [1.54, 1.807) is 12.1 Å². The SMILES string of the molecule is CCC(CC)N(CCO)S(=O)(=O)Cc1ccc(CN)cc1. The Labute approximate surface area is 127 Å². The highest BCUT2D eigenvalue weighted by atomic mass is 32.2. The number of benzene rings is 1. The molecule has 5 nitrogen and oxygen atoms in total. The predicted octanol–water partition coefficient (Wildman–Crippen LogP) is 1.46. The Kier molecular flexibility index (Phi) is 7.31. The Morgan fingerprint density at radius 3 is 2.10 bits per heavy atom. The molecule has 0 unspecified atom stereocenters. The van der Waals surface area contributed by atoms with Crippen LogP contribution in [0.4, 0.5) is 0 Å². The van der Waals surface area contributed by atoms with Gasteiger partial charge >= 0.3 is 0 Å². The van der Waals surface area contributed by atoms with Gasteiger partial charge in [0.15, 0.2) is 0 Å². The van der Waals surface area contributed by atoms with Crippen LogP contribution in [0.25, 0.3) is 0 Å². The number of nitrogens with two attached hydrogens (primary N) is 1. The number of nitrogens with zero attached hydrogens (tertiary/aromatic N) is 1. The van der Waals surface area contributed by atoms with Crippen LogP contribution in [0, 0.1) is 0 Å². The van der Waals surface area contributed by atoms with Gasteiger partial charge < -0.3 is 10.8 Å². The van der Waals surface area contributed by atoms with Crippen molar-refractivity contribution in [3.05, 3.63) is 35.4 Å². The van der Waals surface area contributed by atoms with Gasteiger partial charge in [0.05, 0.1) is 12.4 Å². The fourth-order valence-electron chi connectivity index (χ4n) is 2.41. The summed E-state index contributed by atoms with van der Waals surface area (Å²) in [6.07, 6.45) is 1.48. The molecule has 0 spiro atoms. The molecule has 0 fully saturated rings. The zero-order valence-corrected chi connectivity index (χ0v) is 13.6. The second-order valence-electron chi connectivity index (χ2n) is 5.08. The lowest BCUT2D eigenvalue weighted by Crippen LogP contribution is -2.42. The summed E-state index contributed by atoms with van der Waals surface area (Å²) in [5.74, 6) is -0.0473. The molecule has 0 saturated carbocycles. The number of sulfonamides is 1. The number of hydrogen-bond donors (Lipinski definition) is 2. The first-order chi connectivity index (χ1) is 9.98. The second-order valence-corrected chi connectivity index (χ2v) is 7.00. The lowest BCUT2D eigenvalue weighted by Gasteiger charge is -2.29. The van der Waals surface area contributed by atoms with Crippen LogP contribution in [-0.4, -0.2) is 37.0 Å². The topological polar surface area (TPSA) is 83.6 Å². The molecule has 0 amide bonds. The van der Waals surface area contributed by atoms with Gasteiger partial charge in [0.1, 0.15) is 0 Å². The highest BCUT2D eigenvalue weighted by molar-refractivity contribution is 7.88. The summed E-state index contributed by atoms with van der Waals surface area (Å²) in [6.45, 7) is 4.35. The number of aliphatic hydroxyl groups is 1. The van der Waals surface area contributed by atoms with Gasteiger partial charge in [0.25, 0.3) is 0 Å². The van der Waals surface area contributed by atoms with E-state index in [0.29, 0.717) is 6.54 Å². The molecule has 0 aliphatic carbocycles. The van der Waals surface area contributed by atoms with Gasteiger partial charge in [0.2, 0.25) is 10.0 Å². The van der Waals surface area contributed by atoms with Gasteiger partial charge in [-0.05, 0) is 24.0 Å². The van der Waals surface area contributed by atoms with E-state index < -0.39 is 10.0 Å². The molecule has 0 heterocycles. The van der Waals surface area contributed by atoms with Crippen molar-refractivity contribution < 1.29 is 13.5 Å². The van der Waals surface area contributed by atoms with E-state index in [1.807, 2.05) is 26.0 Å². The van der Waals surface area contributed by atoms with Gasteiger partial charge in [-0.25, -0.2) is 8.42 Å². The molecule has 21 heavy (non-hydrogen) atoms. The first kappa shape index (κ1) is 18.1. The van der Waals surface area contributed by atoms with Crippen LogP contribution in [0.3, 0.4) is 0 Å². The third-order valence-electron chi connectivity index (χ3n) is 3.64. The third kappa shape index (κ3) is 5.07. The standard InChI is InChI=1S/C15H26N2O3S/c1-3-15(4-2)17(9-10-18)21(19,20)12-14-7-5-13(11-16)6-8-14/h5-8,15,18H,3-4,9-12,16H2,1-2H3. The molecule has 0 aliphatic heterocycles. The van der Waals surface area contributed by atoms with Crippen LogP contribution < -0.4 is 5.73 Å². The number of aliphatic hydroxyl groups excluding tert-OH is 1. The average molecular weight is 314 g/mol. The summed E-state index contributed by atoms with van der Waals surface area (Å²) < 4.78 is 26.6. The van der Waals surface area contributed by atoms with Crippen LogP contribution in [0.1, 0.15) is 37.8 Å². The fraction of sp³-hybridized carbons (Fsp3) is 0.600. The van der Waals surface area contributed by atoms with Crippen LogP contribution in [0.15, 0.2) is 24.3 Å². The zero-order valence-electron chi connectivity index (χ0n) is 12.8. The van der Waals surface area contributed by atoms with Crippen molar-refractivity contribution >= 4 is 10.0 Å². The molecule has 1 aromatic carbocycles. The summed E-state index contributed by atoms with van der Waals surface area (Å²) >= 11 is 0. The highest BCUT2D eigenvalue weighted by Crippen LogP contribution is 2.18. The maximum absolute atomic E-state index is 12.6.